The second kappa shape index (κ2) is 8.20. The fourth-order valence-corrected chi connectivity index (χ4v) is 3.43. The monoisotopic (exact) mass is 421 g/mol. The van der Waals surface area contributed by atoms with Crippen LogP contribution in [0.3, 0.4) is 0 Å². The van der Waals surface area contributed by atoms with Gasteiger partial charge in [-0.05, 0) is 55.3 Å². The Morgan fingerprint density at radius 1 is 1.03 bits per heavy atom. The predicted octanol–water partition coefficient (Wildman–Crippen LogP) is 3.11. The van der Waals surface area contributed by atoms with Crippen LogP contribution >= 0.6 is 12.2 Å². The molecule has 0 spiro atoms. The lowest BCUT2D eigenvalue weighted by Gasteiger charge is -2.33. The minimum Gasteiger partial charge on any atom is -0.341 e. The number of aryl methyl sites for hydroxylation is 1. The third kappa shape index (κ3) is 4.73. The molecule has 1 fully saturated rings. The van der Waals surface area contributed by atoms with Crippen LogP contribution in [-0.2, 0) is 16.0 Å². The lowest BCUT2D eigenvalue weighted by atomic mass is 9.99. The van der Waals surface area contributed by atoms with Crippen LogP contribution in [0.4, 0.5) is 13.2 Å². The van der Waals surface area contributed by atoms with Crippen molar-refractivity contribution in [2.24, 2.45) is 0 Å². The Bertz CT molecular complexity index is 927. The third-order valence-corrected chi connectivity index (χ3v) is 4.75. The molecule has 0 bridgehead atoms. The highest BCUT2D eigenvalue weighted by atomic mass is 32.1. The van der Waals surface area contributed by atoms with E-state index in [9.17, 15) is 22.8 Å². The molecular weight excluding hydrogens is 403 g/mol. The number of nitrogens with one attached hydrogen (secondary N) is 2. The molecule has 0 unspecified atom stereocenters. The molecular formula is C20H18F3N3O2S. The van der Waals surface area contributed by atoms with Gasteiger partial charge in [0.1, 0.15) is 11.3 Å². The molecule has 2 amide bonds. The Hall–Kier alpha value is -2.94. The summed E-state index contributed by atoms with van der Waals surface area (Å²) in [5, 5.41) is 4.30. The number of hydrogen-bond acceptors (Lipinski definition) is 4. The zero-order valence-corrected chi connectivity index (χ0v) is 16.3. The molecule has 0 aliphatic carbocycles. The SMILES string of the molecule is CC1=CC(=C2C(=O)NC(=S)NC2=O)C=C(C(F)(F)F)N1CCCc1ccccc1. The topological polar surface area (TPSA) is 61.4 Å². The third-order valence-electron chi connectivity index (χ3n) is 4.55. The van der Waals surface area contributed by atoms with Gasteiger partial charge >= 0.3 is 6.18 Å². The molecule has 0 aromatic heterocycles. The van der Waals surface area contributed by atoms with Crippen LogP contribution in [0, 0.1) is 0 Å². The molecule has 2 N–H and O–H groups in total. The Morgan fingerprint density at radius 3 is 2.24 bits per heavy atom. The van der Waals surface area contributed by atoms with Crippen molar-refractivity contribution in [3.05, 3.63) is 70.6 Å². The van der Waals surface area contributed by atoms with E-state index < -0.39 is 29.3 Å². The number of nitrogens with zero attached hydrogens (tertiary/aromatic N) is 1. The van der Waals surface area contributed by atoms with Gasteiger partial charge < -0.3 is 4.90 Å². The molecule has 9 heteroatoms. The summed E-state index contributed by atoms with van der Waals surface area (Å²) in [6.07, 6.45) is -1.28. The molecule has 3 rings (SSSR count). The molecule has 2 aliphatic heterocycles. The van der Waals surface area contributed by atoms with Crippen LogP contribution in [-0.4, -0.2) is 34.5 Å². The Labute approximate surface area is 170 Å². The van der Waals surface area contributed by atoms with E-state index in [1.807, 2.05) is 30.3 Å². The van der Waals surface area contributed by atoms with Crippen LogP contribution in [0.5, 0.6) is 0 Å². The summed E-state index contributed by atoms with van der Waals surface area (Å²) in [5.74, 6) is -1.65. The van der Waals surface area contributed by atoms with E-state index in [-0.39, 0.29) is 17.2 Å². The maximum Gasteiger partial charge on any atom is 0.431 e. The second-order valence-corrected chi connectivity index (χ2v) is 7.03. The van der Waals surface area contributed by atoms with Gasteiger partial charge in [-0.25, -0.2) is 0 Å². The lowest BCUT2D eigenvalue weighted by molar-refractivity contribution is -0.123. The second-order valence-electron chi connectivity index (χ2n) is 6.62. The van der Waals surface area contributed by atoms with Crippen molar-refractivity contribution >= 4 is 29.1 Å². The van der Waals surface area contributed by atoms with Gasteiger partial charge in [-0.2, -0.15) is 13.2 Å². The number of carbonyl (C=O) groups excluding carboxylic acids is 2. The zero-order chi connectivity index (χ0) is 21.2. The number of amides is 2. The Balaban J connectivity index is 1.88. The maximum atomic E-state index is 13.7. The summed E-state index contributed by atoms with van der Waals surface area (Å²) in [4.78, 5) is 25.4. The first-order valence-electron chi connectivity index (χ1n) is 8.86. The van der Waals surface area contributed by atoms with Gasteiger partial charge in [-0.3, -0.25) is 20.2 Å². The van der Waals surface area contributed by atoms with Crippen molar-refractivity contribution in [2.45, 2.75) is 25.9 Å². The lowest BCUT2D eigenvalue weighted by Crippen LogP contribution is -2.51. The van der Waals surface area contributed by atoms with Gasteiger partial charge in [-0.15, -0.1) is 0 Å². The average Bonchev–Trinajstić information content (AvgIpc) is 2.62. The molecule has 1 aromatic rings. The number of alkyl halides is 3. The number of hydrogen-bond donors (Lipinski definition) is 2. The normalized spacial score (nSPS) is 17.7. The Kier molecular flexibility index (Phi) is 5.88. The summed E-state index contributed by atoms with van der Waals surface area (Å²) < 4.78 is 41.2. The molecule has 5 nitrogen and oxygen atoms in total. The number of allylic oxidation sites excluding steroid dienone is 5. The summed E-state index contributed by atoms with van der Waals surface area (Å²) in [5.41, 5.74) is -0.0841. The number of carbonyl (C=O) groups is 2. The molecule has 29 heavy (non-hydrogen) atoms. The van der Waals surface area contributed by atoms with Crippen LogP contribution in [0.1, 0.15) is 18.9 Å². The molecule has 1 saturated heterocycles. The Morgan fingerprint density at radius 2 is 1.66 bits per heavy atom. The molecule has 1 aromatic carbocycles. The van der Waals surface area contributed by atoms with E-state index in [2.05, 4.69) is 10.6 Å². The summed E-state index contributed by atoms with van der Waals surface area (Å²) in [6.45, 7) is 1.67. The quantitative estimate of drug-likeness (QED) is 0.446. The zero-order valence-electron chi connectivity index (χ0n) is 15.5. The average molecular weight is 421 g/mol. The first-order chi connectivity index (χ1) is 13.7. The molecule has 2 aliphatic rings. The van der Waals surface area contributed by atoms with Crippen molar-refractivity contribution in [1.82, 2.24) is 15.5 Å². The van der Waals surface area contributed by atoms with Crippen molar-refractivity contribution < 1.29 is 22.8 Å². The largest absolute Gasteiger partial charge is 0.431 e. The highest BCUT2D eigenvalue weighted by molar-refractivity contribution is 7.80. The van der Waals surface area contributed by atoms with E-state index in [0.717, 1.165) is 16.5 Å². The van der Waals surface area contributed by atoms with E-state index in [1.54, 1.807) is 0 Å². The van der Waals surface area contributed by atoms with Crippen LogP contribution in [0.25, 0.3) is 0 Å². The van der Waals surface area contributed by atoms with E-state index in [0.29, 0.717) is 18.5 Å². The molecule has 0 saturated carbocycles. The van der Waals surface area contributed by atoms with Gasteiger partial charge in [0, 0.05) is 12.2 Å². The van der Waals surface area contributed by atoms with E-state index >= 15 is 0 Å². The van der Waals surface area contributed by atoms with Crippen molar-refractivity contribution in [2.75, 3.05) is 6.54 Å². The highest BCUT2D eigenvalue weighted by Gasteiger charge is 2.40. The van der Waals surface area contributed by atoms with E-state index in [1.165, 1.54) is 13.0 Å². The first-order valence-corrected chi connectivity index (χ1v) is 9.27. The van der Waals surface area contributed by atoms with Crippen molar-refractivity contribution in [1.29, 1.82) is 0 Å². The number of halogens is 3. The summed E-state index contributed by atoms with van der Waals surface area (Å²) in [7, 11) is 0. The van der Waals surface area contributed by atoms with Gasteiger partial charge in [0.2, 0.25) is 0 Å². The molecule has 0 atom stereocenters. The van der Waals surface area contributed by atoms with E-state index in [4.69, 9.17) is 12.2 Å². The fourth-order valence-electron chi connectivity index (χ4n) is 3.25. The summed E-state index contributed by atoms with van der Waals surface area (Å²) in [6, 6.07) is 9.49. The number of benzene rings is 1. The standard InChI is InChI=1S/C20H18F3N3O2S/c1-12-10-14(16-17(27)24-19(29)25-18(16)28)11-15(20(21,22)23)26(12)9-5-8-13-6-3-2-4-7-13/h2-4,6-7,10-11H,5,8-9H2,1H3,(H2,24,25,27,28,29). The van der Waals surface area contributed by atoms with Crippen molar-refractivity contribution in [3.63, 3.8) is 0 Å². The number of thiocarbonyl (C=S) groups is 1. The van der Waals surface area contributed by atoms with Gasteiger partial charge in [0.05, 0.1) is 0 Å². The van der Waals surface area contributed by atoms with Crippen molar-refractivity contribution in [3.8, 4) is 0 Å². The molecule has 152 valence electrons. The molecule has 2 heterocycles. The highest BCUT2D eigenvalue weighted by Crippen LogP contribution is 2.36. The first kappa shape index (κ1) is 20.8. The maximum absolute atomic E-state index is 13.7. The van der Waals surface area contributed by atoms with Gasteiger partial charge in [0.15, 0.2) is 5.11 Å². The smallest absolute Gasteiger partial charge is 0.341 e. The number of rotatable bonds is 4. The van der Waals surface area contributed by atoms with Crippen LogP contribution in [0.15, 0.2) is 65.0 Å². The van der Waals surface area contributed by atoms with Crippen LogP contribution < -0.4 is 10.6 Å². The minimum absolute atomic E-state index is 0.105. The fraction of sp³-hybridized carbons (Fsp3) is 0.250. The predicted molar refractivity (Wildman–Crippen MR) is 105 cm³/mol. The van der Waals surface area contributed by atoms with Gasteiger partial charge in [-0.1, -0.05) is 30.3 Å². The molecule has 0 radical (unpaired) electrons. The minimum atomic E-state index is -4.65. The van der Waals surface area contributed by atoms with Gasteiger partial charge in [0.25, 0.3) is 11.8 Å². The van der Waals surface area contributed by atoms with Crippen LogP contribution in [0.2, 0.25) is 0 Å². The summed E-state index contributed by atoms with van der Waals surface area (Å²) >= 11 is 4.72.